The molecule has 2 heterocycles. The van der Waals surface area contributed by atoms with Gasteiger partial charge in [-0.2, -0.15) is 0 Å². The van der Waals surface area contributed by atoms with Gasteiger partial charge >= 0.3 is 0 Å². The van der Waals surface area contributed by atoms with Crippen molar-refractivity contribution >= 4 is 16.8 Å². The average Bonchev–Trinajstić information content (AvgIpc) is 3.30. The molecule has 2 aromatic heterocycles. The Morgan fingerprint density at radius 3 is 2.97 bits per heavy atom. The monoisotopic (exact) mass is 413 g/mol. The van der Waals surface area contributed by atoms with Gasteiger partial charge in [-0.1, -0.05) is 47.6 Å². The molecule has 0 aliphatic heterocycles. The second-order valence-electron chi connectivity index (χ2n) is 7.82. The maximum atomic E-state index is 13.1. The summed E-state index contributed by atoms with van der Waals surface area (Å²) in [5.41, 5.74) is 3.62. The van der Waals surface area contributed by atoms with Gasteiger partial charge in [0, 0.05) is 24.7 Å². The smallest absolute Gasteiger partial charge is 0.276 e. The molecule has 156 valence electrons. The van der Waals surface area contributed by atoms with Crippen LogP contribution in [0, 0.1) is 0 Å². The van der Waals surface area contributed by atoms with E-state index in [0.717, 1.165) is 30.2 Å². The van der Waals surface area contributed by atoms with E-state index in [-0.39, 0.29) is 18.6 Å². The van der Waals surface area contributed by atoms with Crippen LogP contribution in [-0.2, 0) is 13.0 Å². The van der Waals surface area contributed by atoms with Crippen LogP contribution in [0.2, 0.25) is 0 Å². The third-order valence-electron chi connectivity index (χ3n) is 5.87. The number of para-hydroxylation sites is 1. The number of fused-ring (bicyclic) bond motifs is 2. The molecule has 0 fully saturated rings. The number of hydrogen-bond donors (Lipinski definition) is 0. The Labute approximate surface area is 180 Å². The lowest BCUT2D eigenvalue weighted by Gasteiger charge is -2.32. The zero-order chi connectivity index (χ0) is 21.2. The molecule has 0 unspecified atom stereocenters. The maximum absolute atomic E-state index is 13.1. The van der Waals surface area contributed by atoms with E-state index in [1.54, 1.807) is 17.2 Å². The fraction of sp³-hybridized carbons (Fsp3) is 0.240. The van der Waals surface area contributed by atoms with Crippen LogP contribution in [0.25, 0.3) is 10.9 Å². The van der Waals surface area contributed by atoms with Gasteiger partial charge in [0.1, 0.15) is 17.9 Å². The molecule has 1 aliphatic rings. The molecule has 0 radical (unpaired) electrons. The van der Waals surface area contributed by atoms with Gasteiger partial charge in [0.2, 0.25) is 0 Å². The second kappa shape index (κ2) is 8.22. The lowest BCUT2D eigenvalue weighted by atomic mass is 9.87. The van der Waals surface area contributed by atoms with Crippen LogP contribution >= 0.6 is 0 Å². The van der Waals surface area contributed by atoms with Crippen LogP contribution in [0.4, 0.5) is 0 Å². The standard InChI is InChI=1S/C25H23N3O3/c1-28(22-12-4-8-17-7-2-3-11-20(17)22)25(29)21-15-19(31-27-21)16-30-23-13-5-9-18-10-6-14-26-24(18)23/h2-3,5-7,9-11,13-15,22H,4,8,12,16H2,1H3/t22-/m0/s1. The molecule has 0 saturated carbocycles. The number of rotatable bonds is 5. The molecule has 4 aromatic rings. The molecule has 0 N–H and O–H groups in total. The highest BCUT2D eigenvalue weighted by Crippen LogP contribution is 2.34. The zero-order valence-electron chi connectivity index (χ0n) is 17.3. The molecule has 1 atom stereocenters. The van der Waals surface area contributed by atoms with Gasteiger partial charge in [-0.3, -0.25) is 9.78 Å². The summed E-state index contributed by atoms with van der Waals surface area (Å²) >= 11 is 0. The lowest BCUT2D eigenvalue weighted by molar-refractivity contribution is 0.0704. The number of amides is 1. The molecule has 1 amide bonds. The predicted molar refractivity (Wildman–Crippen MR) is 117 cm³/mol. The summed E-state index contributed by atoms with van der Waals surface area (Å²) in [6, 6.07) is 19.7. The topological polar surface area (TPSA) is 68.5 Å². The van der Waals surface area contributed by atoms with Crippen LogP contribution in [0.15, 0.2) is 71.4 Å². The number of nitrogens with zero attached hydrogens (tertiary/aromatic N) is 3. The van der Waals surface area contributed by atoms with Crippen LogP contribution in [0.5, 0.6) is 5.75 Å². The molecular weight excluding hydrogens is 390 g/mol. The SMILES string of the molecule is CN(C(=O)c1cc(COc2cccc3cccnc23)on1)[C@H]1CCCc2ccccc21. The van der Waals surface area contributed by atoms with Crippen LogP contribution < -0.4 is 4.74 Å². The molecular formula is C25H23N3O3. The van der Waals surface area contributed by atoms with E-state index >= 15 is 0 Å². The maximum Gasteiger partial charge on any atom is 0.276 e. The number of hydrogen-bond acceptors (Lipinski definition) is 5. The highest BCUT2D eigenvalue weighted by molar-refractivity contribution is 5.92. The first kappa shape index (κ1) is 19.3. The van der Waals surface area contributed by atoms with Gasteiger partial charge < -0.3 is 14.2 Å². The highest BCUT2D eigenvalue weighted by atomic mass is 16.5. The quantitative estimate of drug-likeness (QED) is 0.463. The summed E-state index contributed by atoms with van der Waals surface area (Å²) in [5, 5.41) is 5.00. The van der Waals surface area contributed by atoms with E-state index in [9.17, 15) is 4.79 Å². The summed E-state index contributed by atoms with van der Waals surface area (Å²) in [6.45, 7) is 0.173. The highest BCUT2D eigenvalue weighted by Gasteiger charge is 2.28. The number of ether oxygens (including phenoxy) is 1. The molecule has 6 nitrogen and oxygen atoms in total. The Morgan fingerprint density at radius 1 is 1.16 bits per heavy atom. The Morgan fingerprint density at radius 2 is 2.03 bits per heavy atom. The van der Waals surface area contributed by atoms with E-state index in [4.69, 9.17) is 9.26 Å². The number of aryl methyl sites for hydroxylation is 1. The molecule has 1 aliphatic carbocycles. The molecule has 31 heavy (non-hydrogen) atoms. The minimum atomic E-state index is -0.150. The molecule has 2 aromatic carbocycles. The van der Waals surface area contributed by atoms with E-state index in [1.165, 1.54) is 11.1 Å². The number of benzene rings is 2. The Balaban J connectivity index is 1.30. The summed E-state index contributed by atoms with van der Waals surface area (Å²) in [4.78, 5) is 19.2. The molecule has 6 heteroatoms. The summed E-state index contributed by atoms with van der Waals surface area (Å²) in [6.07, 6.45) is 4.81. The van der Waals surface area contributed by atoms with E-state index in [1.807, 2.05) is 43.4 Å². The summed E-state index contributed by atoms with van der Waals surface area (Å²) < 4.78 is 11.3. The summed E-state index contributed by atoms with van der Waals surface area (Å²) in [7, 11) is 1.84. The van der Waals surface area contributed by atoms with Gasteiger partial charge in [-0.25, -0.2) is 0 Å². The Hall–Kier alpha value is -3.67. The van der Waals surface area contributed by atoms with Crippen LogP contribution in [0.1, 0.15) is 46.3 Å². The van der Waals surface area contributed by atoms with Gasteiger partial charge in [0.15, 0.2) is 11.5 Å². The second-order valence-corrected chi connectivity index (χ2v) is 7.82. The zero-order valence-corrected chi connectivity index (χ0v) is 17.3. The molecule has 0 saturated heterocycles. The number of carbonyl (C=O) groups excluding carboxylic acids is 1. The third kappa shape index (κ3) is 3.77. The van der Waals surface area contributed by atoms with Crippen molar-refractivity contribution in [1.82, 2.24) is 15.0 Å². The molecule has 5 rings (SSSR count). The Kier molecular flexibility index (Phi) is 5.12. The van der Waals surface area contributed by atoms with Crippen molar-refractivity contribution in [2.45, 2.75) is 31.9 Å². The van der Waals surface area contributed by atoms with Crippen molar-refractivity contribution < 1.29 is 14.1 Å². The fourth-order valence-electron chi connectivity index (χ4n) is 4.28. The minimum Gasteiger partial charge on any atom is -0.483 e. The van der Waals surface area contributed by atoms with Crippen molar-refractivity contribution in [2.24, 2.45) is 0 Å². The van der Waals surface area contributed by atoms with Crippen LogP contribution in [0.3, 0.4) is 0 Å². The largest absolute Gasteiger partial charge is 0.483 e. The van der Waals surface area contributed by atoms with Gasteiger partial charge in [-0.05, 0) is 42.5 Å². The first-order valence-corrected chi connectivity index (χ1v) is 10.5. The van der Waals surface area contributed by atoms with Gasteiger partial charge in [0.25, 0.3) is 5.91 Å². The van der Waals surface area contributed by atoms with Crippen molar-refractivity contribution in [3.63, 3.8) is 0 Å². The van der Waals surface area contributed by atoms with Crippen molar-refractivity contribution in [3.8, 4) is 5.75 Å². The number of aromatic nitrogens is 2. The van der Waals surface area contributed by atoms with Crippen molar-refractivity contribution in [1.29, 1.82) is 0 Å². The van der Waals surface area contributed by atoms with Gasteiger partial charge in [0.05, 0.1) is 6.04 Å². The Bertz CT molecular complexity index is 1230. The summed E-state index contributed by atoms with van der Waals surface area (Å²) in [5.74, 6) is 1.01. The minimum absolute atomic E-state index is 0.0515. The molecule has 0 spiro atoms. The number of carbonyl (C=O) groups is 1. The fourth-order valence-corrected chi connectivity index (χ4v) is 4.28. The first-order chi connectivity index (χ1) is 15.2. The first-order valence-electron chi connectivity index (χ1n) is 10.5. The van der Waals surface area contributed by atoms with E-state index < -0.39 is 0 Å². The third-order valence-corrected chi connectivity index (χ3v) is 5.87. The lowest BCUT2D eigenvalue weighted by Crippen LogP contribution is -2.33. The van der Waals surface area contributed by atoms with E-state index in [2.05, 4.69) is 28.3 Å². The van der Waals surface area contributed by atoms with Crippen LogP contribution in [-0.4, -0.2) is 28.0 Å². The normalized spacial score (nSPS) is 15.5. The van der Waals surface area contributed by atoms with Crippen molar-refractivity contribution in [3.05, 3.63) is 89.4 Å². The van der Waals surface area contributed by atoms with Gasteiger partial charge in [-0.15, -0.1) is 0 Å². The average molecular weight is 413 g/mol. The van der Waals surface area contributed by atoms with Crippen molar-refractivity contribution in [2.75, 3.05) is 7.05 Å². The number of pyridine rings is 1. The molecule has 0 bridgehead atoms. The predicted octanol–water partition coefficient (Wildman–Crippen LogP) is 4.95. The van der Waals surface area contributed by atoms with E-state index in [0.29, 0.717) is 17.2 Å².